The van der Waals surface area contributed by atoms with Crippen molar-refractivity contribution in [2.75, 3.05) is 33.1 Å². The van der Waals surface area contributed by atoms with Crippen LogP contribution in [0.1, 0.15) is 18.1 Å². The molecule has 27 heavy (non-hydrogen) atoms. The van der Waals surface area contributed by atoms with Gasteiger partial charge in [-0.3, -0.25) is 9.69 Å². The van der Waals surface area contributed by atoms with E-state index in [1.54, 1.807) is 14.2 Å². The summed E-state index contributed by atoms with van der Waals surface area (Å²) in [5, 5.41) is 3.60. The van der Waals surface area contributed by atoms with Gasteiger partial charge in [-0.1, -0.05) is 23.7 Å². The van der Waals surface area contributed by atoms with Crippen molar-refractivity contribution in [1.82, 2.24) is 4.90 Å². The number of nitrogens with zero attached hydrogens (tertiary/aromatic N) is 1. The Hall–Kier alpha value is -2.24. The molecular formula is C21H27ClN2O3. The van der Waals surface area contributed by atoms with E-state index >= 15 is 0 Å². The molecule has 0 saturated heterocycles. The third-order valence-electron chi connectivity index (χ3n) is 4.77. The number of nitrogens with one attached hydrogen (secondary N) is 1. The molecule has 2 rings (SSSR count). The van der Waals surface area contributed by atoms with Gasteiger partial charge in [-0.15, -0.1) is 0 Å². The highest BCUT2D eigenvalue weighted by molar-refractivity contribution is 6.31. The van der Waals surface area contributed by atoms with Gasteiger partial charge in [0.2, 0.25) is 5.91 Å². The fraction of sp³-hybridized carbons (Fsp3) is 0.381. The average molecular weight is 391 g/mol. The van der Waals surface area contributed by atoms with Crippen LogP contribution in [0.5, 0.6) is 11.5 Å². The molecule has 0 aliphatic carbocycles. The average Bonchev–Trinajstić information content (AvgIpc) is 2.68. The zero-order chi connectivity index (χ0) is 20.0. The van der Waals surface area contributed by atoms with Gasteiger partial charge in [0.1, 0.15) is 0 Å². The number of hydrogen-bond acceptors (Lipinski definition) is 4. The minimum atomic E-state index is -0.275. The second kappa shape index (κ2) is 9.62. The minimum absolute atomic E-state index is 0.0600. The summed E-state index contributed by atoms with van der Waals surface area (Å²) in [5.41, 5.74) is 2.73. The van der Waals surface area contributed by atoms with E-state index in [-0.39, 0.29) is 11.9 Å². The summed E-state index contributed by atoms with van der Waals surface area (Å²) in [4.78, 5) is 14.6. The highest BCUT2D eigenvalue weighted by atomic mass is 35.5. The number of likely N-dealkylation sites (N-methyl/N-ethyl adjacent to an activating group) is 1. The Morgan fingerprint density at radius 3 is 2.56 bits per heavy atom. The Morgan fingerprint density at radius 1 is 1.19 bits per heavy atom. The first-order chi connectivity index (χ1) is 12.9. The zero-order valence-corrected chi connectivity index (χ0v) is 17.3. The van der Waals surface area contributed by atoms with Crippen molar-refractivity contribution in [3.63, 3.8) is 0 Å². The normalized spacial score (nSPS) is 12.0. The standard InChI is InChI=1S/C21H27ClN2O3/c1-14-17(22)7-6-8-18(14)23-21(25)15(2)24(3)12-11-16-9-10-19(26-4)20(13-16)27-5/h6-10,13,15H,11-12H2,1-5H3,(H,23,25)/t15-/m1/s1. The van der Waals surface area contributed by atoms with E-state index in [1.807, 2.05) is 62.2 Å². The fourth-order valence-corrected chi connectivity index (χ4v) is 2.89. The zero-order valence-electron chi connectivity index (χ0n) is 16.5. The van der Waals surface area contributed by atoms with Crippen LogP contribution in [0.3, 0.4) is 0 Å². The van der Waals surface area contributed by atoms with E-state index in [1.165, 1.54) is 0 Å². The molecule has 1 atom stereocenters. The lowest BCUT2D eigenvalue weighted by molar-refractivity contribution is -0.120. The van der Waals surface area contributed by atoms with E-state index < -0.39 is 0 Å². The third kappa shape index (κ3) is 5.37. The second-order valence-electron chi connectivity index (χ2n) is 6.50. The number of carbonyl (C=O) groups excluding carboxylic acids is 1. The summed E-state index contributed by atoms with van der Waals surface area (Å²) >= 11 is 6.12. The number of anilines is 1. The van der Waals surface area contributed by atoms with Gasteiger partial charge in [0, 0.05) is 17.3 Å². The molecule has 0 aliphatic rings. The summed E-state index contributed by atoms with van der Waals surface area (Å²) in [6.45, 7) is 4.52. The van der Waals surface area contributed by atoms with Gasteiger partial charge < -0.3 is 14.8 Å². The quantitative estimate of drug-likeness (QED) is 0.735. The van der Waals surface area contributed by atoms with Crippen molar-refractivity contribution in [2.24, 2.45) is 0 Å². The van der Waals surface area contributed by atoms with E-state index in [9.17, 15) is 4.79 Å². The molecule has 0 bridgehead atoms. The maximum Gasteiger partial charge on any atom is 0.241 e. The number of ether oxygens (including phenoxy) is 2. The number of rotatable bonds is 8. The maximum absolute atomic E-state index is 12.6. The molecule has 5 nitrogen and oxygen atoms in total. The van der Waals surface area contributed by atoms with Gasteiger partial charge in [0.25, 0.3) is 0 Å². The molecule has 0 heterocycles. The van der Waals surface area contributed by atoms with Gasteiger partial charge >= 0.3 is 0 Å². The molecule has 6 heteroatoms. The molecule has 2 aromatic carbocycles. The first-order valence-electron chi connectivity index (χ1n) is 8.84. The first-order valence-corrected chi connectivity index (χ1v) is 9.22. The van der Waals surface area contributed by atoms with E-state index in [0.29, 0.717) is 16.5 Å². The Bertz CT molecular complexity index is 795. The summed E-state index contributed by atoms with van der Waals surface area (Å²) in [5.74, 6) is 1.36. The van der Waals surface area contributed by atoms with E-state index in [2.05, 4.69) is 5.32 Å². The van der Waals surface area contributed by atoms with Crippen molar-refractivity contribution in [1.29, 1.82) is 0 Å². The largest absolute Gasteiger partial charge is 0.493 e. The molecule has 0 saturated carbocycles. The van der Waals surface area contributed by atoms with E-state index in [4.69, 9.17) is 21.1 Å². The molecule has 0 aromatic heterocycles. The van der Waals surface area contributed by atoms with Crippen molar-refractivity contribution in [2.45, 2.75) is 26.3 Å². The van der Waals surface area contributed by atoms with Crippen molar-refractivity contribution in [3.8, 4) is 11.5 Å². The predicted octanol–water partition coefficient (Wildman–Crippen LogP) is 4.17. The third-order valence-corrected chi connectivity index (χ3v) is 5.18. The lowest BCUT2D eigenvalue weighted by Gasteiger charge is -2.24. The number of methoxy groups -OCH3 is 2. The van der Waals surface area contributed by atoms with Crippen LogP contribution in [0, 0.1) is 6.92 Å². The monoisotopic (exact) mass is 390 g/mol. The highest BCUT2D eigenvalue weighted by Gasteiger charge is 2.19. The van der Waals surface area contributed by atoms with Crippen LogP contribution in [0.25, 0.3) is 0 Å². The second-order valence-corrected chi connectivity index (χ2v) is 6.90. The van der Waals surface area contributed by atoms with Crippen molar-refractivity contribution in [3.05, 3.63) is 52.5 Å². The summed E-state index contributed by atoms with van der Waals surface area (Å²) in [6, 6.07) is 11.1. The summed E-state index contributed by atoms with van der Waals surface area (Å²) in [7, 11) is 5.18. The number of carbonyl (C=O) groups is 1. The van der Waals surface area contributed by atoms with Gasteiger partial charge in [-0.2, -0.15) is 0 Å². The maximum atomic E-state index is 12.6. The summed E-state index contributed by atoms with van der Waals surface area (Å²) < 4.78 is 10.6. The number of hydrogen-bond donors (Lipinski definition) is 1. The predicted molar refractivity (Wildman–Crippen MR) is 110 cm³/mol. The molecule has 0 unspecified atom stereocenters. The lowest BCUT2D eigenvalue weighted by atomic mass is 10.1. The van der Waals surface area contributed by atoms with Crippen LogP contribution in [0.4, 0.5) is 5.69 Å². The number of amides is 1. The smallest absolute Gasteiger partial charge is 0.241 e. The van der Waals surface area contributed by atoms with Crippen LogP contribution >= 0.6 is 11.6 Å². The molecule has 0 fully saturated rings. The molecular weight excluding hydrogens is 364 g/mol. The molecule has 2 aromatic rings. The van der Waals surface area contributed by atoms with Gasteiger partial charge in [-0.25, -0.2) is 0 Å². The van der Waals surface area contributed by atoms with Crippen LogP contribution in [-0.2, 0) is 11.2 Å². The highest BCUT2D eigenvalue weighted by Crippen LogP contribution is 2.28. The topological polar surface area (TPSA) is 50.8 Å². The Balaban J connectivity index is 1.96. The van der Waals surface area contributed by atoms with Gasteiger partial charge in [-0.05, 0) is 62.7 Å². The van der Waals surface area contributed by atoms with Crippen molar-refractivity contribution < 1.29 is 14.3 Å². The van der Waals surface area contributed by atoms with Crippen LogP contribution in [-0.4, -0.2) is 44.7 Å². The fourth-order valence-electron chi connectivity index (χ4n) is 2.72. The number of benzene rings is 2. The van der Waals surface area contributed by atoms with Crippen LogP contribution in [0.15, 0.2) is 36.4 Å². The van der Waals surface area contributed by atoms with E-state index in [0.717, 1.165) is 29.8 Å². The molecule has 1 amide bonds. The molecule has 0 spiro atoms. The Labute approximate surface area is 166 Å². The van der Waals surface area contributed by atoms with Gasteiger partial charge in [0.15, 0.2) is 11.5 Å². The number of halogens is 1. The SMILES string of the molecule is COc1ccc(CCN(C)[C@H](C)C(=O)Nc2cccc(Cl)c2C)cc1OC. The van der Waals surface area contributed by atoms with Gasteiger partial charge in [0.05, 0.1) is 20.3 Å². The molecule has 1 N–H and O–H groups in total. The molecule has 0 aliphatic heterocycles. The molecule has 0 radical (unpaired) electrons. The Kier molecular flexibility index (Phi) is 7.51. The van der Waals surface area contributed by atoms with Crippen LogP contribution in [0.2, 0.25) is 5.02 Å². The Morgan fingerprint density at radius 2 is 1.89 bits per heavy atom. The minimum Gasteiger partial charge on any atom is -0.493 e. The van der Waals surface area contributed by atoms with Crippen LogP contribution < -0.4 is 14.8 Å². The van der Waals surface area contributed by atoms with Crippen molar-refractivity contribution >= 4 is 23.2 Å². The molecule has 146 valence electrons. The lowest BCUT2D eigenvalue weighted by Crippen LogP contribution is -2.40. The summed E-state index contributed by atoms with van der Waals surface area (Å²) in [6.07, 6.45) is 0.796. The first kappa shape index (κ1) is 21.1.